The molecule has 39 heavy (non-hydrogen) atoms. The largest absolute Gasteiger partial charge is 0.457 e. The van der Waals surface area contributed by atoms with Crippen LogP contribution in [0.1, 0.15) is 26.3 Å². The number of anilines is 3. The third-order valence-electron chi connectivity index (χ3n) is 5.89. The number of fused-ring (bicyclic) bond motifs is 1. The fourth-order valence-corrected chi connectivity index (χ4v) is 4.11. The molecule has 0 spiro atoms. The molecule has 0 unspecified atom stereocenters. The Morgan fingerprint density at radius 3 is 2.62 bits per heavy atom. The van der Waals surface area contributed by atoms with Gasteiger partial charge in [0.1, 0.15) is 29.2 Å². The Bertz CT molecular complexity index is 1650. The first-order valence-electron chi connectivity index (χ1n) is 12.5. The summed E-state index contributed by atoms with van der Waals surface area (Å²) in [5.74, 6) is 2.11. The molecule has 0 atom stereocenters. The highest BCUT2D eigenvalue weighted by Gasteiger charge is 2.17. The third kappa shape index (κ3) is 6.15. The molecule has 5 aromatic rings. The van der Waals surface area contributed by atoms with Gasteiger partial charge in [0.05, 0.1) is 17.4 Å². The van der Waals surface area contributed by atoms with Gasteiger partial charge < -0.3 is 19.4 Å². The van der Waals surface area contributed by atoms with Crippen LogP contribution >= 0.6 is 0 Å². The maximum Gasteiger partial charge on any atom is 0.412 e. The number of nitrogens with zero attached hydrogens (tertiary/aromatic N) is 4. The van der Waals surface area contributed by atoms with Crippen LogP contribution in [0.15, 0.2) is 79.5 Å². The molecule has 2 aromatic heterocycles. The molecule has 198 valence electrons. The summed E-state index contributed by atoms with van der Waals surface area (Å²) >= 11 is 0. The van der Waals surface area contributed by atoms with Gasteiger partial charge in [0.15, 0.2) is 0 Å². The van der Waals surface area contributed by atoms with Gasteiger partial charge in [-0.1, -0.05) is 12.1 Å². The second-order valence-corrected chi connectivity index (χ2v) is 10.2. The van der Waals surface area contributed by atoms with Crippen LogP contribution in [0.25, 0.3) is 22.2 Å². The highest BCUT2D eigenvalue weighted by molar-refractivity contribution is 5.87. The minimum atomic E-state index is -0.586. The molecule has 0 fully saturated rings. The first kappa shape index (κ1) is 25.7. The fraction of sp³-hybridized carbons (Fsp3) is 0.200. The number of amides is 1. The highest BCUT2D eigenvalue weighted by atomic mass is 16.6. The normalized spacial score (nSPS) is 11.3. The van der Waals surface area contributed by atoms with Crippen LogP contribution in [0.3, 0.4) is 0 Å². The monoisotopic (exact) mass is 522 g/mol. The molecular weight excluding hydrogens is 492 g/mol. The maximum atomic E-state index is 12.2. The van der Waals surface area contributed by atoms with Crippen molar-refractivity contribution in [2.75, 3.05) is 10.6 Å². The summed E-state index contributed by atoms with van der Waals surface area (Å²) in [5, 5.41) is 6.17. The Hall–Kier alpha value is -4.92. The van der Waals surface area contributed by atoms with E-state index >= 15 is 0 Å². The zero-order chi connectivity index (χ0) is 27.6. The van der Waals surface area contributed by atoms with E-state index in [1.54, 1.807) is 18.6 Å². The minimum absolute atomic E-state index is 0.514. The number of benzene rings is 3. The van der Waals surface area contributed by atoms with E-state index in [2.05, 4.69) is 25.6 Å². The molecule has 1 amide bonds. The SMILES string of the molecule is Cc1cc(Nc2ncncc2-c2cccc(NC(=O)OC(C)(C)C)c2)ccc1Oc1ccc2c(c1)ncn2C. The molecular formula is C30H30N6O3. The van der Waals surface area contributed by atoms with E-state index in [0.29, 0.717) is 11.5 Å². The van der Waals surface area contributed by atoms with Gasteiger partial charge in [-0.2, -0.15) is 0 Å². The van der Waals surface area contributed by atoms with Crippen LogP contribution in [0.2, 0.25) is 0 Å². The van der Waals surface area contributed by atoms with Crippen molar-refractivity contribution in [3.05, 3.63) is 85.1 Å². The molecule has 3 aromatic carbocycles. The number of hydrogen-bond donors (Lipinski definition) is 2. The second kappa shape index (κ2) is 10.4. The van der Waals surface area contributed by atoms with Gasteiger partial charge in [0.2, 0.25) is 0 Å². The number of carbonyl (C=O) groups excluding carboxylic acids is 1. The number of nitrogens with one attached hydrogen (secondary N) is 2. The number of rotatable bonds is 6. The van der Waals surface area contributed by atoms with Crippen molar-refractivity contribution in [3.63, 3.8) is 0 Å². The van der Waals surface area contributed by atoms with E-state index in [4.69, 9.17) is 9.47 Å². The van der Waals surface area contributed by atoms with E-state index in [1.807, 2.05) is 93.9 Å². The molecule has 5 rings (SSSR count). The number of ether oxygens (including phenoxy) is 2. The zero-order valence-corrected chi connectivity index (χ0v) is 22.5. The predicted octanol–water partition coefficient (Wildman–Crippen LogP) is 7.22. The quantitative estimate of drug-likeness (QED) is 0.243. The van der Waals surface area contributed by atoms with Gasteiger partial charge in [0.25, 0.3) is 0 Å². The van der Waals surface area contributed by atoms with Crippen molar-refractivity contribution in [2.24, 2.45) is 7.05 Å². The van der Waals surface area contributed by atoms with Crippen LogP contribution in [0.5, 0.6) is 11.5 Å². The highest BCUT2D eigenvalue weighted by Crippen LogP contribution is 2.33. The van der Waals surface area contributed by atoms with Crippen molar-refractivity contribution in [2.45, 2.75) is 33.3 Å². The number of aryl methyl sites for hydroxylation is 2. The van der Waals surface area contributed by atoms with E-state index in [-0.39, 0.29) is 0 Å². The Labute approximate surface area is 226 Å². The summed E-state index contributed by atoms with van der Waals surface area (Å²) in [5.41, 5.74) is 5.39. The summed E-state index contributed by atoms with van der Waals surface area (Å²) in [6.07, 6.45) is 4.50. The summed E-state index contributed by atoms with van der Waals surface area (Å²) in [6, 6.07) is 19.2. The van der Waals surface area contributed by atoms with Crippen molar-refractivity contribution in [3.8, 4) is 22.6 Å². The summed E-state index contributed by atoms with van der Waals surface area (Å²) in [7, 11) is 1.96. The molecule has 9 nitrogen and oxygen atoms in total. The standard InChI is InChI=1S/C30H30N6O3/c1-19-13-22(9-12-27(19)38-23-10-11-26-25(15-23)33-18-36(26)5)34-28-24(16-31-17-32-28)20-7-6-8-21(14-20)35-29(37)39-30(2,3)4/h6-18H,1-5H3,(H,35,37)(H,31,32,34). The zero-order valence-electron chi connectivity index (χ0n) is 22.5. The lowest BCUT2D eigenvalue weighted by atomic mass is 10.1. The van der Waals surface area contributed by atoms with Crippen molar-refractivity contribution in [1.29, 1.82) is 0 Å². The van der Waals surface area contributed by atoms with Gasteiger partial charge in [-0.25, -0.2) is 19.7 Å². The van der Waals surface area contributed by atoms with Gasteiger partial charge >= 0.3 is 6.09 Å². The Morgan fingerprint density at radius 1 is 0.974 bits per heavy atom. The van der Waals surface area contributed by atoms with Gasteiger partial charge in [-0.15, -0.1) is 0 Å². The summed E-state index contributed by atoms with van der Waals surface area (Å²) in [6.45, 7) is 7.46. The third-order valence-corrected chi connectivity index (χ3v) is 5.89. The lowest BCUT2D eigenvalue weighted by Gasteiger charge is -2.20. The van der Waals surface area contributed by atoms with E-state index in [1.165, 1.54) is 6.33 Å². The molecule has 0 radical (unpaired) electrons. The van der Waals surface area contributed by atoms with E-state index in [0.717, 1.165) is 44.9 Å². The Balaban J connectivity index is 1.33. The minimum Gasteiger partial charge on any atom is -0.457 e. The Kier molecular flexibility index (Phi) is 6.89. The predicted molar refractivity (Wildman–Crippen MR) is 153 cm³/mol. The molecule has 0 aliphatic heterocycles. The lowest BCUT2D eigenvalue weighted by Crippen LogP contribution is -2.27. The van der Waals surface area contributed by atoms with Crippen LogP contribution in [0.4, 0.5) is 22.0 Å². The van der Waals surface area contributed by atoms with Gasteiger partial charge in [-0.05, 0) is 81.3 Å². The smallest absolute Gasteiger partial charge is 0.412 e. The molecule has 0 saturated carbocycles. The number of hydrogen-bond acceptors (Lipinski definition) is 7. The first-order valence-corrected chi connectivity index (χ1v) is 12.5. The fourth-order valence-electron chi connectivity index (χ4n) is 4.11. The average molecular weight is 523 g/mol. The van der Waals surface area contributed by atoms with Crippen LogP contribution < -0.4 is 15.4 Å². The van der Waals surface area contributed by atoms with Gasteiger partial charge in [-0.3, -0.25) is 5.32 Å². The topological polar surface area (TPSA) is 103 Å². The second-order valence-electron chi connectivity index (χ2n) is 10.2. The molecule has 0 bridgehead atoms. The van der Waals surface area contributed by atoms with Crippen molar-refractivity contribution >= 4 is 34.3 Å². The van der Waals surface area contributed by atoms with Crippen LogP contribution in [-0.2, 0) is 11.8 Å². The van der Waals surface area contributed by atoms with Crippen molar-refractivity contribution in [1.82, 2.24) is 19.5 Å². The molecule has 2 heterocycles. The summed E-state index contributed by atoms with van der Waals surface area (Å²) < 4.78 is 13.5. The molecule has 2 N–H and O–H groups in total. The maximum absolute atomic E-state index is 12.2. The molecule has 9 heteroatoms. The van der Waals surface area contributed by atoms with Gasteiger partial charge in [0, 0.05) is 36.2 Å². The molecule has 0 saturated heterocycles. The number of aromatic nitrogens is 4. The van der Waals surface area contributed by atoms with Crippen LogP contribution in [0, 0.1) is 6.92 Å². The molecule has 0 aliphatic rings. The number of imidazole rings is 1. The molecule has 0 aliphatic carbocycles. The average Bonchev–Trinajstić information content (AvgIpc) is 3.25. The summed E-state index contributed by atoms with van der Waals surface area (Å²) in [4.78, 5) is 25.3. The first-order chi connectivity index (χ1) is 18.6. The Morgan fingerprint density at radius 2 is 1.82 bits per heavy atom. The lowest BCUT2D eigenvalue weighted by molar-refractivity contribution is 0.0636. The number of carbonyl (C=O) groups is 1. The van der Waals surface area contributed by atoms with E-state index < -0.39 is 11.7 Å². The van der Waals surface area contributed by atoms with Crippen molar-refractivity contribution < 1.29 is 14.3 Å². The van der Waals surface area contributed by atoms with Crippen LogP contribution in [-0.4, -0.2) is 31.2 Å². The van der Waals surface area contributed by atoms with E-state index in [9.17, 15) is 4.79 Å².